The summed E-state index contributed by atoms with van der Waals surface area (Å²) in [5.41, 5.74) is 10.9. The van der Waals surface area contributed by atoms with Crippen molar-refractivity contribution in [2.75, 3.05) is 5.73 Å². The summed E-state index contributed by atoms with van der Waals surface area (Å²) in [7, 11) is 0. The lowest BCUT2D eigenvalue weighted by molar-refractivity contribution is 0.277. The number of nitriles is 1. The smallest absolute Gasteiger partial charge is 0.336 e. The summed E-state index contributed by atoms with van der Waals surface area (Å²) in [6.07, 6.45) is 3.05. The molecule has 0 aliphatic heterocycles. The van der Waals surface area contributed by atoms with Gasteiger partial charge in [-0.2, -0.15) is 14.8 Å². The van der Waals surface area contributed by atoms with Gasteiger partial charge in [-0.15, -0.1) is 5.10 Å². The third-order valence-corrected chi connectivity index (χ3v) is 4.93. The topological polar surface area (TPSA) is 141 Å². The molecule has 0 saturated heterocycles. The van der Waals surface area contributed by atoms with E-state index in [-0.39, 0.29) is 18.6 Å². The summed E-state index contributed by atoms with van der Waals surface area (Å²) in [5.74, 6) is 0.0987. The highest BCUT2D eigenvalue weighted by molar-refractivity contribution is 5.90. The number of ether oxygens (including phenoxy) is 1. The van der Waals surface area contributed by atoms with E-state index in [0.717, 1.165) is 11.4 Å². The first-order valence-corrected chi connectivity index (χ1v) is 10.0. The number of aryl methyl sites for hydroxylation is 1. The lowest BCUT2D eigenvalue weighted by atomic mass is 10.00. The van der Waals surface area contributed by atoms with Crippen LogP contribution in [-0.4, -0.2) is 34.5 Å². The maximum Gasteiger partial charge on any atom is 0.336 e. The second-order valence-electron chi connectivity index (χ2n) is 7.13. The molecule has 0 unspecified atom stereocenters. The van der Waals surface area contributed by atoms with Gasteiger partial charge in [-0.3, -0.25) is 4.98 Å². The van der Waals surface area contributed by atoms with Gasteiger partial charge >= 0.3 is 6.01 Å². The molecule has 5 rings (SSSR count). The summed E-state index contributed by atoms with van der Waals surface area (Å²) >= 11 is 0. The fraction of sp³-hybridized carbons (Fsp3) is 0.0870. The van der Waals surface area contributed by atoms with Crippen molar-refractivity contribution in [2.45, 2.75) is 13.5 Å². The Hall–Kier alpha value is -4.91. The van der Waals surface area contributed by atoms with Crippen molar-refractivity contribution in [1.82, 2.24) is 34.5 Å². The summed E-state index contributed by atoms with van der Waals surface area (Å²) < 4.78 is 7.19. The normalized spacial score (nSPS) is 10.8. The van der Waals surface area contributed by atoms with Gasteiger partial charge in [-0.25, -0.2) is 15.0 Å². The molecule has 10 heteroatoms. The molecular formula is C23H17N9O. The van der Waals surface area contributed by atoms with Crippen molar-refractivity contribution < 1.29 is 4.74 Å². The minimum absolute atomic E-state index is 0.0987. The lowest BCUT2D eigenvalue weighted by Gasteiger charge is -2.11. The number of hydrogen-bond donors (Lipinski definition) is 1. The van der Waals surface area contributed by atoms with Gasteiger partial charge in [0.1, 0.15) is 12.9 Å². The second kappa shape index (κ2) is 8.32. The fourth-order valence-corrected chi connectivity index (χ4v) is 3.47. The number of hydrogen-bond acceptors (Lipinski definition) is 9. The minimum Gasteiger partial charge on any atom is -0.456 e. The fourth-order valence-electron chi connectivity index (χ4n) is 3.47. The Balaban J connectivity index is 1.68. The molecule has 0 aliphatic rings. The molecule has 0 radical (unpaired) electrons. The van der Waals surface area contributed by atoms with E-state index in [1.165, 1.54) is 10.8 Å². The predicted molar refractivity (Wildman–Crippen MR) is 120 cm³/mol. The SMILES string of the molecule is Cc1cccc(COc2nc3c(-c4ccncn4)c(-c4ccccc4C#N)nc(N)n3n2)n1. The molecular weight excluding hydrogens is 418 g/mol. The number of nitrogen functional groups attached to an aromatic ring is 1. The van der Waals surface area contributed by atoms with Gasteiger partial charge < -0.3 is 10.5 Å². The molecule has 0 bridgehead atoms. The summed E-state index contributed by atoms with van der Waals surface area (Å²) in [6.45, 7) is 2.10. The van der Waals surface area contributed by atoms with Crippen LogP contribution in [0.25, 0.3) is 28.2 Å². The molecule has 0 saturated carbocycles. The van der Waals surface area contributed by atoms with Crippen molar-refractivity contribution in [1.29, 1.82) is 5.26 Å². The lowest BCUT2D eigenvalue weighted by Crippen LogP contribution is -2.07. The monoisotopic (exact) mass is 435 g/mol. The average Bonchev–Trinajstić information content (AvgIpc) is 3.28. The average molecular weight is 435 g/mol. The molecule has 0 fully saturated rings. The minimum atomic E-state index is 0.0987. The van der Waals surface area contributed by atoms with Gasteiger partial charge in [0, 0.05) is 17.5 Å². The number of fused-ring (bicyclic) bond motifs is 1. The summed E-state index contributed by atoms with van der Waals surface area (Å²) in [6, 6.07) is 16.9. The third-order valence-electron chi connectivity index (χ3n) is 4.93. The Labute approximate surface area is 188 Å². The number of nitrogens with two attached hydrogens (primary N) is 1. The predicted octanol–water partition coefficient (Wildman–Crippen LogP) is 2.98. The van der Waals surface area contributed by atoms with Crippen LogP contribution in [0.5, 0.6) is 6.01 Å². The molecule has 160 valence electrons. The number of anilines is 1. The van der Waals surface area contributed by atoms with Crippen LogP contribution in [-0.2, 0) is 6.61 Å². The summed E-state index contributed by atoms with van der Waals surface area (Å²) in [5, 5.41) is 14.0. The van der Waals surface area contributed by atoms with Crippen LogP contribution in [0.3, 0.4) is 0 Å². The van der Waals surface area contributed by atoms with Gasteiger partial charge in [0.15, 0.2) is 5.65 Å². The number of nitrogens with zero attached hydrogens (tertiary/aromatic N) is 8. The first-order chi connectivity index (χ1) is 16.1. The maximum atomic E-state index is 9.63. The van der Waals surface area contributed by atoms with Gasteiger partial charge in [-0.05, 0) is 31.2 Å². The first kappa shape index (κ1) is 20.0. The molecule has 10 nitrogen and oxygen atoms in total. The van der Waals surface area contributed by atoms with Gasteiger partial charge in [0.2, 0.25) is 5.95 Å². The van der Waals surface area contributed by atoms with Gasteiger partial charge in [0.25, 0.3) is 0 Å². The van der Waals surface area contributed by atoms with Gasteiger partial charge in [-0.1, -0.05) is 24.3 Å². The van der Waals surface area contributed by atoms with Crippen molar-refractivity contribution in [2.24, 2.45) is 0 Å². The zero-order valence-electron chi connectivity index (χ0n) is 17.5. The van der Waals surface area contributed by atoms with Crippen LogP contribution in [0.2, 0.25) is 0 Å². The molecule has 0 aliphatic carbocycles. The van der Waals surface area contributed by atoms with Crippen molar-refractivity contribution >= 4 is 11.6 Å². The van der Waals surface area contributed by atoms with E-state index in [1.807, 2.05) is 31.2 Å². The van der Waals surface area contributed by atoms with Crippen LogP contribution in [0.1, 0.15) is 17.0 Å². The standard InChI is InChI=1S/C23H17N9O/c1-14-5-4-7-16(28-14)12-33-23-30-21-19(18-9-10-26-13-27-18)20(29-22(25)32(21)31-23)17-8-3-2-6-15(17)11-24/h2-10,13H,12H2,1H3,(H2,25,29). The molecule has 0 amide bonds. The van der Waals surface area contributed by atoms with E-state index in [0.29, 0.717) is 33.7 Å². The van der Waals surface area contributed by atoms with Crippen LogP contribution < -0.4 is 10.5 Å². The molecule has 5 aromatic rings. The van der Waals surface area contributed by atoms with Crippen molar-refractivity contribution in [3.05, 3.63) is 78.0 Å². The molecule has 0 atom stereocenters. The van der Waals surface area contributed by atoms with Crippen LogP contribution in [0.4, 0.5) is 5.95 Å². The Morgan fingerprint density at radius 1 is 1.06 bits per heavy atom. The quantitative estimate of drug-likeness (QED) is 0.441. The number of pyridine rings is 1. The van der Waals surface area contributed by atoms with E-state index in [4.69, 9.17) is 10.5 Å². The highest BCUT2D eigenvalue weighted by Gasteiger charge is 2.22. The molecule has 0 spiro atoms. The van der Waals surface area contributed by atoms with Gasteiger partial charge in [0.05, 0.1) is 34.3 Å². The highest BCUT2D eigenvalue weighted by Crippen LogP contribution is 2.35. The number of rotatable bonds is 5. The Bertz CT molecular complexity index is 1510. The van der Waals surface area contributed by atoms with E-state index in [2.05, 4.69) is 36.1 Å². The Kier molecular flexibility index (Phi) is 5.04. The molecule has 4 heterocycles. The van der Waals surface area contributed by atoms with Crippen LogP contribution >= 0.6 is 0 Å². The maximum absolute atomic E-state index is 9.63. The van der Waals surface area contributed by atoms with E-state index < -0.39 is 0 Å². The molecule has 1 aromatic carbocycles. The van der Waals surface area contributed by atoms with Crippen molar-refractivity contribution in [3.63, 3.8) is 0 Å². The largest absolute Gasteiger partial charge is 0.456 e. The van der Waals surface area contributed by atoms with E-state index in [9.17, 15) is 5.26 Å². The number of aromatic nitrogens is 7. The second-order valence-corrected chi connectivity index (χ2v) is 7.13. The molecule has 2 N–H and O–H groups in total. The molecule has 33 heavy (non-hydrogen) atoms. The summed E-state index contributed by atoms with van der Waals surface area (Å²) in [4.78, 5) is 21.9. The van der Waals surface area contributed by atoms with E-state index in [1.54, 1.807) is 30.5 Å². The zero-order chi connectivity index (χ0) is 22.8. The Morgan fingerprint density at radius 2 is 1.94 bits per heavy atom. The number of benzene rings is 1. The van der Waals surface area contributed by atoms with Crippen LogP contribution in [0.15, 0.2) is 61.1 Å². The van der Waals surface area contributed by atoms with Crippen LogP contribution in [0, 0.1) is 18.3 Å². The highest BCUT2D eigenvalue weighted by atomic mass is 16.5. The Morgan fingerprint density at radius 3 is 2.73 bits per heavy atom. The van der Waals surface area contributed by atoms with E-state index >= 15 is 0 Å². The first-order valence-electron chi connectivity index (χ1n) is 10.0. The van der Waals surface area contributed by atoms with Crippen molar-refractivity contribution in [3.8, 4) is 34.6 Å². The molecule has 4 aromatic heterocycles. The third kappa shape index (κ3) is 3.79. The zero-order valence-corrected chi connectivity index (χ0v) is 17.5.